The molecule has 4 nitrogen and oxygen atoms in total. The molecule has 0 aliphatic carbocycles. The summed E-state index contributed by atoms with van der Waals surface area (Å²) in [7, 11) is 0. The molecule has 2 heterocycles. The minimum atomic E-state index is -0.468. The maximum Gasteiger partial charge on any atom is 0.128 e. The van der Waals surface area contributed by atoms with Gasteiger partial charge in [-0.05, 0) is 31.4 Å². The maximum atomic E-state index is 9.41. The third-order valence-electron chi connectivity index (χ3n) is 3.04. The van der Waals surface area contributed by atoms with Gasteiger partial charge in [0, 0.05) is 19.3 Å². The van der Waals surface area contributed by atoms with Crippen LogP contribution in [0, 0.1) is 0 Å². The van der Waals surface area contributed by atoms with E-state index in [2.05, 4.69) is 9.88 Å². The SMILES string of the molecule is C[C@H](O)c1ccc(N2CCC(O)CC2)nc1. The van der Waals surface area contributed by atoms with Crippen molar-refractivity contribution in [3.63, 3.8) is 0 Å². The zero-order valence-corrected chi connectivity index (χ0v) is 9.50. The minimum Gasteiger partial charge on any atom is -0.393 e. The van der Waals surface area contributed by atoms with Crippen LogP contribution in [0.3, 0.4) is 0 Å². The van der Waals surface area contributed by atoms with Crippen molar-refractivity contribution in [3.05, 3.63) is 23.9 Å². The number of hydrogen-bond acceptors (Lipinski definition) is 4. The molecule has 0 saturated carbocycles. The molecule has 1 saturated heterocycles. The molecule has 4 heteroatoms. The van der Waals surface area contributed by atoms with E-state index in [1.165, 1.54) is 0 Å². The molecule has 88 valence electrons. The molecule has 1 aliphatic rings. The first-order valence-corrected chi connectivity index (χ1v) is 5.74. The van der Waals surface area contributed by atoms with Gasteiger partial charge in [-0.2, -0.15) is 0 Å². The molecule has 0 radical (unpaired) electrons. The van der Waals surface area contributed by atoms with Gasteiger partial charge in [0.25, 0.3) is 0 Å². The van der Waals surface area contributed by atoms with Crippen LogP contribution in [0.1, 0.15) is 31.4 Å². The lowest BCUT2D eigenvalue weighted by molar-refractivity contribution is 0.145. The number of pyridine rings is 1. The number of anilines is 1. The average Bonchev–Trinajstić information content (AvgIpc) is 2.30. The van der Waals surface area contributed by atoms with Crippen LogP contribution >= 0.6 is 0 Å². The fourth-order valence-corrected chi connectivity index (χ4v) is 1.93. The van der Waals surface area contributed by atoms with Crippen molar-refractivity contribution in [2.24, 2.45) is 0 Å². The highest BCUT2D eigenvalue weighted by molar-refractivity contribution is 5.40. The zero-order chi connectivity index (χ0) is 11.5. The van der Waals surface area contributed by atoms with Crippen LogP contribution in [0.15, 0.2) is 18.3 Å². The Kier molecular flexibility index (Phi) is 3.41. The van der Waals surface area contributed by atoms with E-state index in [-0.39, 0.29) is 6.10 Å². The van der Waals surface area contributed by atoms with Crippen LogP contribution in [-0.2, 0) is 0 Å². The van der Waals surface area contributed by atoms with Crippen molar-refractivity contribution < 1.29 is 10.2 Å². The van der Waals surface area contributed by atoms with Gasteiger partial charge in [-0.1, -0.05) is 6.07 Å². The van der Waals surface area contributed by atoms with Crippen molar-refractivity contribution >= 4 is 5.82 Å². The molecule has 1 aromatic rings. The topological polar surface area (TPSA) is 56.6 Å². The lowest BCUT2D eigenvalue weighted by atomic mass is 10.1. The van der Waals surface area contributed by atoms with Gasteiger partial charge < -0.3 is 15.1 Å². The largest absolute Gasteiger partial charge is 0.393 e. The van der Waals surface area contributed by atoms with E-state index in [1.54, 1.807) is 13.1 Å². The normalized spacial score (nSPS) is 19.8. The van der Waals surface area contributed by atoms with Crippen LogP contribution in [0.5, 0.6) is 0 Å². The highest BCUT2D eigenvalue weighted by atomic mass is 16.3. The molecule has 0 spiro atoms. The van der Waals surface area contributed by atoms with Crippen LogP contribution in [-0.4, -0.2) is 34.4 Å². The molecule has 0 unspecified atom stereocenters. The van der Waals surface area contributed by atoms with Gasteiger partial charge >= 0.3 is 0 Å². The molecule has 1 atom stereocenters. The summed E-state index contributed by atoms with van der Waals surface area (Å²) >= 11 is 0. The smallest absolute Gasteiger partial charge is 0.128 e. The second kappa shape index (κ2) is 4.80. The lowest BCUT2D eigenvalue weighted by Crippen LogP contribution is -2.36. The molecule has 16 heavy (non-hydrogen) atoms. The van der Waals surface area contributed by atoms with E-state index in [1.807, 2.05) is 12.1 Å². The predicted octanol–water partition coefficient (Wildman–Crippen LogP) is 1.10. The third-order valence-corrected chi connectivity index (χ3v) is 3.04. The Balaban J connectivity index is 2.04. The Morgan fingerprint density at radius 2 is 2.06 bits per heavy atom. The van der Waals surface area contributed by atoms with E-state index in [0.717, 1.165) is 37.3 Å². The Hall–Kier alpha value is -1.13. The summed E-state index contributed by atoms with van der Waals surface area (Å²) in [6.07, 6.45) is 2.70. The Labute approximate surface area is 95.5 Å². The number of hydrogen-bond donors (Lipinski definition) is 2. The third kappa shape index (κ3) is 2.51. The van der Waals surface area contributed by atoms with Crippen molar-refractivity contribution in [2.45, 2.75) is 32.0 Å². The van der Waals surface area contributed by atoms with Gasteiger partial charge in [0.05, 0.1) is 12.2 Å². The van der Waals surface area contributed by atoms with Crippen molar-refractivity contribution in [1.29, 1.82) is 0 Å². The monoisotopic (exact) mass is 222 g/mol. The highest BCUT2D eigenvalue weighted by Gasteiger charge is 2.17. The molecule has 1 aliphatic heterocycles. The Morgan fingerprint density at radius 3 is 2.56 bits per heavy atom. The fourth-order valence-electron chi connectivity index (χ4n) is 1.93. The predicted molar refractivity (Wildman–Crippen MR) is 62.3 cm³/mol. The van der Waals surface area contributed by atoms with Gasteiger partial charge in [0.2, 0.25) is 0 Å². The Bertz CT molecular complexity index is 329. The van der Waals surface area contributed by atoms with E-state index < -0.39 is 6.10 Å². The van der Waals surface area contributed by atoms with Gasteiger partial charge in [-0.25, -0.2) is 4.98 Å². The van der Waals surface area contributed by atoms with Crippen LogP contribution in [0.4, 0.5) is 5.82 Å². The number of aromatic nitrogens is 1. The maximum absolute atomic E-state index is 9.41. The number of aliphatic hydroxyl groups is 2. The van der Waals surface area contributed by atoms with E-state index in [0.29, 0.717) is 0 Å². The van der Waals surface area contributed by atoms with E-state index in [4.69, 9.17) is 0 Å². The molecular weight excluding hydrogens is 204 g/mol. The molecular formula is C12H18N2O2. The van der Waals surface area contributed by atoms with Gasteiger partial charge in [0.1, 0.15) is 5.82 Å². The van der Waals surface area contributed by atoms with E-state index >= 15 is 0 Å². The average molecular weight is 222 g/mol. The summed E-state index contributed by atoms with van der Waals surface area (Å²) in [4.78, 5) is 6.50. The summed E-state index contributed by atoms with van der Waals surface area (Å²) in [6.45, 7) is 3.43. The van der Waals surface area contributed by atoms with Gasteiger partial charge in [-0.15, -0.1) is 0 Å². The van der Waals surface area contributed by atoms with Gasteiger partial charge in [0.15, 0.2) is 0 Å². The van der Waals surface area contributed by atoms with Crippen LogP contribution in [0.25, 0.3) is 0 Å². The van der Waals surface area contributed by atoms with Crippen molar-refractivity contribution in [3.8, 4) is 0 Å². The van der Waals surface area contributed by atoms with Crippen LogP contribution in [0.2, 0.25) is 0 Å². The number of nitrogens with zero attached hydrogens (tertiary/aromatic N) is 2. The summed E-state index contributed by atoms with van der Waals surface area (Å²) in [5.74, 6) is 0.927. The molecule has 0 bridgehead atoms. The first-order valence-electron chi connectivity index (χ1n) is 5.74. The lowest BCUT2D eigenvalue weighted by Gasteiger charge is -2.30. The molecule has 0 amide bonds. The first kappa shape index (κ1) is 11.4. The Morgan fingerprint density at radius 1 is 1.38 bits per heavy atom. The molecule has 2 rings (SSSR count). The molecule has 2 N–H and O–H groups in total. The van der Waals surface area contributed by atoms with Crippen molar-refractivity contribution in [2.75, 3.05) is 18.0 Å². The van der Waals surface area contributed by atoms with Crippen molar-refractivity contribution in [1.82, 2.24) is 4.98 Å². The zero-order valence-electron chi connectivity index (χ0n) is 9.50. The summed E-state index contributed by atoms with van der Waals surface area (Å²) in [5, 5.41) is 18.8. The fraction of sp³-hybridized carbons (Fsp3) is 0.583. The summed E-state index contributed by atoms with van der Waals surface area (Å²) < 4.78 is 0. The molecule has 1 aromatic heterocycles. The number of piperidine rings is 1. The quantitative estimate of drug-likeness (QED) is 0.786. The number of aliphatic hydroxyl groups excluding tert-OH is 2. The minimum absolute atomic E-state index is 0.159. The summed E-state index contributed by atoms with van der Waals surface area (Å²) in [5.41, 5.74) is 0.834. The van der Waals surface area contributed by atoms with Crippen LogP contribution < -0.4 is 4.90 Å². The molecule has 1 fully saturated rings. The first-order chi connectivity index (χ1) is 7.66. The van der Waals surface area contributed by atoms with Gasteiger partial charge in [-0.3, -0.25) is 0 Å². The highest BCUT2D eigenvalue weighted by Crippen LogP contribution is 2.19. The molecule has 0 aromatic carbocycles. The summed E-state index contributed by atoms with van der Waals surface area (Å²) in [6, 6.07) is 3.83. The van der Waals surface area contributed by atoms with E-state index in [9.17, 15) is 10.2 Å². The number of rotatable bonds is 2. The second-order valence-electron chi connectivity index (χ2n) is 4.34. The second-order valence-corrected chi connectivity index (χ2v) is 4.34. The standard InChI is InChI=1S/C12H18N2O2/c1-9(15)10-2-3-12(13-8-10)14-6-4-11(16)5-7-14/h2-3,8-9,11,15-16H,4-7H2,1H3/t9-/m0/s1.